The molecule has 1 unspecified atom stereocenters. The zero-order valence-corrected chi connectivity index (χ0v) is 42.7. The van der Waals surface area contributed by atoms with E-state index in [0.717, 1.165) is 50.2 Å². The average Bonchev–Trinajstić information content (AvgIpc) is 4.15. The summed E-state index contributed by atoms with van der Waals surface area (Å²) in [5, 5.41) is 3.84. The van der Waals surface area contributed by atoms with Crippen molar-refractivity contribution in [2.75, 3.05) is 0 Å². The van der Waals surface area contributed by atoms with Gasteiger partial charge in [0, 0.05) is 5.69 Å². The third-order valence-corrected chi connectivity index (χ3v) is 21.1. The van der Waals surface area contributed by atoms with Crippen molar-refractivity contribution >= 4 is 72.6 Å². The van der Waals surface area contributed by atoms with E-state index in [1.54, 1.807) is 0 Å². The molecule has 0 aliphatic heterocycles. The number of nitrogens with zero attached hydrogens (tertiary/aromatic N) is 2. The molecule has 0 saturated heterocycles. The summed E-state index contributed by atoms with van der Waals surface area (Å²) in [6.07, 6.45) is 0. The SMILES string of the molecule is Cc1cc2oc3cc(C)cc4c3p3c2c(c1)n(-c1ccc2c(c1)C1(c5ccccc5-c5ccccc51)c1ccccc1-2)c1cc(C)c2oc5cc6c(cc5n4c2c13)C1(c2ccccc2-c2ccccc21)c1ccccc1-6. The predicted octanol–water partition coefficient (Wildman–Crippen LogP) is 18.7. The number of fused-ring (bicyclic) bond motifs is 23. The van der Waals surface area contributed by atoms with E-state index >= 15 is 0 Å². The summed E-state index contributed by atoms with van der Waals surface area (Å²) in [4.78, 5) is 0. The molecule has 4 aliphatic rings. The zero-order chi connectivity index (χ0) is 49.7. The van der Waals surface area contributed by atoms with Gasteiger partial charge in [0.1, 0.15) is 16.7 Å². The molecule has 0 amide bonds. The zero-order valence-electron chi connectivity index (χ0n) is 41.8. The van der Waals surface area contributed by atoms with Crippen molar-refractivity contribution in [3.05, 3.63) is 267 Å². The van der Waals surface area contributed by atoms with Crippen LogP contribution in [0.4, 0.5) is 0 Å². The molecule has 5 heteroatoms. The molecule has 4 aromatic heterocycles. The van der Waals surface area contributed by atoms with Crippen molar-refractivity contribution in [3.8, 4) is 50.2 Å². The highest BCUT2D eigenvalue weighted by atomic mass is 31.1. The largest absolute Gasteiger partial charge is 0.455 e. The highest BCUT2D eigenvalue weighted by molar-refractivity contribution is 7.63. The Kier molecular flexibility index (Phi) is 7.12. The number of rotatable bonds is 1. The Morgan fingerprint density at radius 3 is 1.30 bits per heavy atom. The fourth-order valence-electron chi connectivity index (χ4n) is 15.8. The Labute approximate surface area is 437 Å². The van der Waals surface area contributed by atoms with Crippen molar-refractivity contribution in [3.63, 3.8) is 0 Å². The molecule has 76 heavy (non-hydrogen) atoms. The van der Waals surface area contributed by atoms with Crippen LogP contribution in [0.5, 0.6) is 0 Å². The van der Waals surface area contributed by atoms with Crippen LogP contribution in [0, 0.1) is 20.8 Å². The molecule has 15 aromatic rings. The van der Waals surface area contributed by atoms with Gasteiger partial charge < -0.3 is 17.8 Å². The summed E-state index contributed by atoms with van der Waals surface area (Å²) in [6, 6.07) is 78.6. The molecular weight excluding hydrogens is 944 g/mol. The average molecular weight is 987 g/mol. The van der Waals surface area contributed by atoms with E-state index in [-0.39, 0.29) is 0 Å². The number of aromatic nitrogens is 2. The molecule has 4 nitrogen and oxygen atoms in total. The van der Waals surface area contributed by atoms with Crippen LogP contribution in [0.3, 0.4) is 0 Å². The van der Waals surface area contributed by atoms with Gasteiger partial charge in [-0.25, -0.2) is 0 Å². The quantitative estimate of drug-likeness (QED) is 0.121. The van der Waals surface area contributed by atoms with E-state index in [9.17, 15) is 0 Å². The number of benzene rings is 11. The lowest BCUT2D eigenvalue weighted by Crippen LogP contribution is -2.26. The second kappa shape index (κ2) is 13.4. The standard InChI is InChI=1S/C71H43N2O2P/c1-38-30-59-67-63(32-38)74-64-33-39(2)31-60-68(64)76(67)69-61(72(59)41-28-29-48-46-20-8-14-26-54(46)70(56(48)35-41)50-22-10-4-16-42(50)43-17-5-11-23-51(43)70)34-40(3)66-65(69)73(60)58-37-57-49(36-62(58)75-66)47-21-9-15-27-55(47)71(57)52-24-12-6-18-44(52)45-19-7-13-25-53(45)71/h4-37H,1-3H3. The van der Waals surface area contributed by atoms with Gasteiger partial charge >= 0.3 is 0 Å². The van der Waals surface area contributed by atoms with Crippen molar-refractivity contribution in [1.29, 1.82) is 0 Å². The maximum absolute atomic E-state index is 7.54. The van der Waals surface area contributed by atoms with Crippen LogP contribution in [0.2, 0.25) is 0 Å². The van der Waals surface area contributed by atoms with Crippen LogP contribution in [0.1, 0.15) is 61.2 Å². The minimum atomic E-state index is -1.11. The Morgan fingerprint density at radius 2 is 0.776 bits per heavy atom. The second-order valence-electron chi connectivity index (χ2n) is 22.1. The van der Waals surface area contributed by atoms with Gasteiger partial charge in [-0.3, -0.25) is 0 Å². The molecule has 354 valence electrons. The Balaban J connectivity index is 0.985. The first-order valence-corrected chi connectivity index (χ1v) is 27.9. The summed E-state index contributed by atoms with van der Waals surface area (Å²) in [6.45, 7) is 6.69. The number of hydrogen-bond donors (Lipinski definition) is 0. The summed E-state index contributed by atoms with van der Waals surface area (Å²) in [7, 11) is -1.11. The minimum absolute atomic E-state index is 0.482. The third-order valence-electron chi connectivity index (χ3n) is 18.4. The fourth-order valence-corrected chi connectivity index (χ4v) is 18.7. The van der Waals surface area contributed by atoms with Crippen LogP contribution >= 0.6 is 7.34 Å². The lowest BCUT2D eigenvalue weighted by atomic mass is 9.70. The first-order chi connectivity index (χ1) is 37.4. The molecule has 0 N–H and O–H groups in total. The summed E-state index contributed by atoms with van der Waals surface area (Å²) in [5.74, 6) is 0. The lowest BCUT2D eigenvalue weighted by Gasteiger charge is -2.31. The van der Waals surface area contributed by atoms with E-state index in [0.29, 0.717) is 0 Å². The molecule has 2 spiro atoms. The van der Waals surface area contributed by atoms with Gasteiger partial charge in [0.2, 0.25) is 0 Å². The predicted molar refractivity (Wildman–Crippen MR) is 311 cm³/mol. The van der Waals surface area contributed by atoms with Gasteiger partial charge in [0.25, 0.3) is 0 Å². The number of hydrogen-bond acceptors (Lipinski definition) is 2. The fraction of sp³-hybridized carbons (Fsp3) is 0.0704. The monoisotopic (exact) mass is 986 g/mol. The van der Waals surface area contributed by atoms with Crippen molar-refractivity contribution in [1.82, 2.24) is 8.97 Å². The Bertz CT molecular complexity index is 5130. The van der Waals surface area contributed by atoms with E-state index in [1.165, 1.54) is 126 Å². The summed E-state index contributed by atoms with van der Waals surface area (Å²) in [5.41, 5.74) is 33.9. The molecule has 4 heterocycles. The van der Waals surface area contributed by atoms with Crippen molar-refractivity contribution in [2.45, 2.75) is 31.6 Å². The topological polar surface area (TPSA) is 35.6 Å². The van der Waals surface area contributed by atoms with E-state index in [4.69, 9.17) is 8.83 Å². The van der Waals surface area contributed by atoms with Crippen LogP contribution in [0.15, 0.2) is 215 Å². The molecule has 19 rings (SSSR count). The maximum atomic E-state index is 7.54. The lowest BCUT2D eigenvalue weighted by molar-refractivity contribution is 0.652. The molecule has 4 aliphatic carbocycles. The van der Waals surface area contributed by atoms with Crippen LogP contribution < -0.4 is 0 Å². The summed E-state index contributed by atoms with van der Waals surface area (Å²) >= 11 is 0. The van der Waals surface area contributed by atoms with Gasteiger partial charge in [-0.1, -0.05) is 159 Å². The molecule has 0 radical (unpaired) electrons. The maximum Gasteiger partial charge on any atom is 0.155 e. The van der Waals surface area contributed by atoms with E-state index in [2.05, 4.69) is 236 Å². The van der Waals surface area contributed by atoms with Gasteiger partial charge in [-0.2, -0.15) is 0 Å². The summed E-state index contributed by atoms with van der Waals surface area (Å²) < 4.78 is 20.0. The van der Waals surface area contributed by atoms with Crippen LogP contribution in [-0.4, -0.2) is 8.97 Å². The van der Waals surface area contributed by atoms with Gasteiger partial charge in [0.15, 0.2) is 11.2 Å². The molecule has 0 bridgehead atoms. The minimum Gasteiger partial charge on any atom is -0.455 e. The number of aryl methyl sites for hydroxylation is 3. The van der Waals surface area contributed by atoms with Crippen molar-refractivity contribution in [2.24, 2.45) is 0 Å². The van der Waals surface area contributed by atoms with Gasteiger partial charge in [-0.05, 0) is 181 Å². The molecule has 11 aromatic carbocycles. The molecular formula is C71H43N2O2P. The highest BCUT2D eigenvalue weighted by Gasteiger charge is 2.53. The van der Waals surface area contributed by atoms with E-state index < -0.39 is 18.2 Å². The van der Waals surface area contributed by atoms with E-state index in [1.807, 2.05) is 0 Å². The molecule has 0 fully saturated rings. The third kappa shape index (κ3) is 4.39. The van der Waals surface area contributed by atoms with Gasteiger partial charge in [0.05, 0.1) is 48.3 Å². The first kappa shape index (κ1) is 40.3. The van der Waals surface area contributed by atoms with Crippen LogP contribution in [-0.2, 0) is 10.8 Å². The normalized spacial score (nSPS) is 15.0. The Morgan fingerprint density at radius 1 is 0.342 bits per heavy atom. The highest BCUT2D eigenvalue weighted by Crippen LogP contribution is 2.66. The second-order valence-corrected chi connectivity index (χ2v) is 24.1. The first-order valence-electron chi connectivity index (χ1n) is 26.6. The van der Waals surface area contributed by atoms with Gasteiger partial charge in [-0.15, -0.1) is 0 Å². The molecule has 0 saturated carbocycles. The smallest absolute Gasteiger partial charge is 0.155 e. The van der Waals surface area contributed by atoms with Crippen LogP contribution in [0.25, 0.3) is 115 Å². The molecule has 1 atom stereocenters. The van der Waals surface area contributed by atoms with Crippen molar-refractivity contribution < 1.29 is 8.83 Å². The Hall–Kier alpha value is -9.08.